The highest BCUT2D eigenvalue weighted by atomic mass is 32.1. The summed E-state index contributed by atoms with van der Waals surface area (Å²) in [5.74, 6) is -0.302. The normalized spacial score (nSPS) is 16.8. The Morgan fingerprint density at radius 1 is 0.678 bits per heavy atom. The van der Waals surface area contributed by atoms with Gasteiger partial charge in [-0.05, 0) is 118 Å². The Hall–Kier alpha value is -6.00. The molecule has 2 aliphatic rings. The standard InChI is InChI=1S/C43H45N9O5S2/c1-22-35(16-29(20-44-22)26-12-13-34-37(18-26)58-41(50-34)46-24(3)53)49-40(55)48-31-9-7-8-27(14-31)33-15-28(19-38-39(33)52-42(59-38)47-25(4)54)30-17-36(23(2)45-21-30)51-43(56)57-32-10-5-6-11-32/h12-13,15-21,27,31-32H,5-11,14H2,1-4H3,(H,51,56)(H,46,50,53)(H,47,52,54)(H2,48,49,55). The molecule has 5 amide bonds. The molecule has 4 heterocycles. The zero-order valence-electron chi connectivity index (χ0n) is 33.2. The van der Waals surface area contributed by atoms with E-state index in [0.717, 1.165) is 93.2 Å². The summed E-state index contributed by atoms with van der Waals surface area (Å²) >= 11 is 2.81. The van der Waals surface area contributed by atoms with E-state index in [2.05, 4.69) is 47.6 Å². The number of carbonyl (C=O) groups excluding carboxylic acids is 4. The second-order valence-corrected chi connectivity index (χ2v) is 17.4. The van der Waals surface area contributed by atoms with Gasteiger partial charge in [0.25, 0.3) is 0 Å². The first-order valence-corrected chi connectivity index (χ1v) is 21.5. The SMILES string of the molecule is CC(=O)Nc1nc2ccc(-c3cnc(C)c(NC(=O)NC4CCCC(c5cc(-c6cnc(C)c(NC(=O)OC7CCCC7)c6)cc6sc(NC(C)=O)nc56)C4)c3)cc2s1. The molecule has 2 fully saturated rings. The van der Waals surface area contributed by atoms with Crippen LogP contribution in [0, 0.1) is 13.8 Å². The van der Waals surface area contributed by atoms with Crippen LogP contribution in [0.5, 0.6) is 0 Å². The van der Waals surface area contributed by atoms with Crippen LogP contribution in [0.3, 0.4) is 0 Å². The lowest BCUT2D eigenvalue weighted by molar-refractivity contribution is -0.115. The number of hydrogen-bond acceptors (Lipinski definition) is 11. The number of rotatable bonds is 9. The van der Waals surface area contributed by atoms with Gasteiger partial charge in [-0.25, -0.2) is 19.6 Å². The lowest BCUT2D eigenvalue weighted by Crippen LogP contribution is -2.40. The van der Waals surface area contributed by atoms with Crippen LogP contribution in [0.1, 0.15) is 88.1 Å². The van der Waals surface area contributed by atoms with Crippen LogP contribution in [-0.4, -0.2) is 56.0 Å². The molecule has 14 nitrogen and oxygen atoms in total. The second kappa shape index (κ2) is 17.1. The molecule has 2 saturated carbocycles. The number of nitrogens with one attached hydrogen (secondary N) is 5. The third kappa shape index (κ3) is 9.34. The minimum absolute atomic E-state index is 0.0582. The van der Waals surface area contributed by atoms with Gasteiger partial charge in [-0.3, -0.25) is 24.9 Å². The Balaban J connectivity index is 1.00. The van der Waals surface area contributed by atoms with E-state index in [1.54, 1.807) is 12.4 Å². The summed E-state index contributed by atoms with van der Waals surface area (Å²) in [6, 6.07) is 13.5. The van der Waals surface area contributed by atoms with E-state index >= 15 is 0 Å². The van der Waals surface area contributed by atoms with Crippen LogP contribution in [0.2, 0.25) is 0 Å². The van der Waals surface area contributed by atoms with Crippen LogP contribution in [0.25, 0.3) is 42.7 Å². The van der Waals surface area contributed by atoms with Crippen molar-refractivity contribution in [2.75, 3.05) is 21.3 Å². The first kappa shape index (κ1) is 39.8. The molecule has 16 heteroatoms. The minimum atomic E-state index is -0.477. The van der Waals surface area contributed by atoms with Crippen LogP contribution in [0.15, 0.2) is 54.9 Å². The highest BCUT2D eigenvalue weighted by Gasteiger charge is 2.28. The second-order valence-electron chi connectivity index (χ2n) is 15.3. The first-order chi connectivity index (χ1) is 28.4. The van der Waals surface area contributed by atoms with E-state index in [0.29, 0.717) is 39.4 Å². The van der Waals surface area contributed by atoms with Crippen molar-refractivity contribution in [2.24, 2.45) is 0 Å². The zero-order valence-corrected chi connectivity index (χ0v) is 34.9. The van der Waals surface area contributed by atoms with Crippen molar-refractivity contribution in [1.29, 1.82) is 0 Å². The maximum atomic E-state index is 13.6. The minimum Gasteiger partial charge on any atom is -0.446 e. The molecule has 2 aromatic carbocycles. The Labute approximate surface area is 349 Å². The van der Waals surface area contributed by atoms with Crippen LogP contribution >= 0.6 is 22.7 Å². The topological polar surface area (TPSA) is 189 Å². The number of ether oxygens (including phenoxy) is 1. The van der Waals surface area contributed by atoms with Gasteiger partial charge in [0, 0.05) is 43.4 Å². The average molecular weight is 832 g/mol. The Bertz CT molecular complexity index is 2600. The number of nitrogens with zero attached hydrogens (tertiary/aromatic N) is 4. The largest absolute Gasteiger partial charge is 0.446 e. The lowest BCUT2D eigenvalue weighted by atomic mass is 9.80. The number of aromatic nitrogens is 4. The van der Waals surface area contributed by atoms with Gasteiger partial charge in [-0.1, -0.05) is 35.2 Å². The molecule has 6 aromatic rings. The molecule has 0 radical (unpaired) electrons. The fraction of sp³-hybridized carbons (Fsp3) is 0.349. The summed E-state index contributed by atoms with van der Waals surface area (Å²) in [7, 11) is 0. The molecule has 8 rings (SSSR count). The van der Waals surface area contributed by atoms with Gasteiger partial charge >= 0.3 is 12.1 Å². The molecule has 304 valence electrons. The molecule has 0 saturated heterocycles. The van der Waals surface area contributed by atoms with Crippen molar-refractivity contribution in [1.82, 2.24) is 25.3 Å². The Morgan fingerprint density at radius 3 is 2.03 bits per heavy atom. The lowest BCUT2D eigenvalue weighted by Gasteiger charge is -2.30. The van der Waals surface area contributed by atoms with Crippen LogP contribution in [-0.2, 0) is 14.3 Å². The molecule has 2 aliphatic carbocycles. The molecule has 0 spiro atoms. The maximum Gasteiger partial charge on any atom is 0.411 e. The monoisotopic (exact) mass is 831 g/mol. The van der Waals surface area contributed by atoms with Gasteiger partial charge in [0.2, 0.25) is 11.8 Å². The van der Waals surface area contributed by atoms with Crippen molar-refractivity contribution >= 4 is 88.7 Å². The van der Waals surface area contributed by atoms with Gasteiger partial charge in [0.1, 0.15) is 6.10 Å². The van der Waals surface area contributed by atoms with E-state index in [1.165, 1.54) is 36.5 Å². The van der Waals surface area contributed by atoms with Gasteiger partial charge in [-0.2, -0.15) is 0 Å². The number of urea groups is 1. The zero-order chi connectivity index (χ0) is 41.2. The van der Waals surface area contributed by atoms with Gasteiger partial charge < -0.3 is 26.0 Å². The van der Waals surface area contributed by atoms with Crippen LogP contribution < -0.4 is 26.6 Å². The molecule has 4 aromatic heterocycles. The molecule has 0 aliphatic heterocycles. The average Bonchev–Trinajstić information content (AvgIpc) is 3.95. The smallest absolute Gasteiger partial charge is 0.411 e. The fourth-order valence-corrected chi connectivity index (χ4v) is 9.86. The molecule has 2 atom stereocenters. The fourth-order valence-electron chi connectivity index (χ4n) is 7.92. The van der Waals surface area contributed by atoms with Crippen molar-refractivity contribution in [3.05, 3.63) is 71.8 Å². The van der Waals surface area contributed by atoms with E-state index in [4.69, 9.17) is 9.72 Å². The number of benzene rings is 2. The van der Waals surface area contributed by atoms with E-state index in [1.807, 2.05) is 50.2 Å². The summed E-state index contributed by atoms with van der Waals surface area (Å²) in [5.41, 5.74) is 8.65. The van der Waals surface area contributed by atoms with Crippen molar-refractivity contribution in [2.45, 2.75) is 97.1 Å². The van der Waals surface area contributed by atoms with E-state index < -0.39 is 6.09 Å². The van der Waals surface area contributed by atoms with Crippen molar-refractivity contribution in [3.63, 3.8) is 0 Å². The summed E-state index contributed by atoms with van der Waals surface area (Å²) in [6.45, 7) is 6.62. The van der Waals surface area contributed by atoms with Crippen LogP contribution in [0.4, 0.5) is 31.2 Å². The third-order valence-corrected chi connectivity index (χ3v) is 12.7. The molecular weight excluding hydrogens is 787 g/mol. The summed E-state index contributed by atoms with van der Waals surface area (Å²) in [5, 5.41) is 15.8. The molecule has 2 unspecified atom stereocenters. The number of amides is 5. The summed E-state index contributed by atoms with van der Waals surface area (Å²) in [4.78, 5) is 68.5. The predicted molar refractivity (Wildman–Crippen MR) is 233 cm³/mol. The third-order valence-electron chi connectivity index (χ3n) is 10.8. The predicted octanol–water partition coefficient (Wildman–Crippen LogP) is 9.90. The highest BCUT2D eigenvalue weighted by Crippen LogP contribution is 2.42. The van der Waals surface area contributed by atoms with Gasteiger partial charge in [0.15, 0.2) is 10.3 Å². The number of aryl methyl sites for hydroxylation is 2. The quantitative estimate of drug-likeness (QED) is 0.0944. The number of fused-ring (bicyclic) bond motifs is 2. The van der Waals surface area contributed by atoms with Gasteiger partial charge in [-0.15, -0.1) is 0 Å². The van der Waals surface area contributed by atoms with Crippen molar-refractivity contribution < 1.29 is 23.9 Å². The number of carbonyl (C=O) groups is 4. The number of hydrogen-bond donors (Lipinski definition) is 5. The molecule has 5 N–H and O–H groups in total. The van der Waals surface area contributed by atoms with Gasteiger partial charge in [0.05, 0.1) is 43.2 Å². The summed E-state index contributed by atoms with van der Waals surface area (Å²) < 4.78 is 7.50. The van der Waals surface area contributed by atoms with E-state index in [9.17, 15) is 19.2 Å². The van der Waals surface area contributed by atoms with E-state index in [-0.39, 0.29) is 35.9 Å². The summed E-state index contributed by atoms with van der Waals surface area (Å²) in [6.07, 6.45) is 10.2. The van der Waals surface area contributed by atoms with Crippen molar-refractivity contribution in [3.8, 4) is 22.3 Å². The number of pyridine rings is 2. The maximum absolute atomic E-state index is 13.6. The number of thiazole rings is 2. The molecule has 59 heavy (non-hydrogen) atoms. The first-order valence-electron chi connectivity index (χ1n) is 19.8. The molecule has 0 bridgehead atoms. The number of anilines is 4. The Kier molecular flexibility index (Phi) is 11.5. The Morgan fingerprint density at radius 2 is 1.32 bits per heavy atom. The molecular formula is C43H45N9O5S2. The highest BCUT2D eigenvalue weighted by molar-refractivity contribution is 7.22.